The van der Waals surface area contributed by atoms with Crippen molar-refractivity contribution < 1.29 is 31.8 Å². The zero-order chi connectivity index (χ0) is 27.0. The van der Waals surface area contributed by atoms with Gasteiger partial charge in [-0.2, -0.15) is 13.2 Å². The second-order valence-electron chi connectivity index (χ2n) is 10.9. The topological polar surface area (TPSA) is 38.8 Å². The predicted octanol–water partition coefficient (Wildman–Crippen LogP) is 7.79. The van der Waals surface area contributed by atoms with Crippen LogP contribution in [0.5, 0.6) is 0 Å². The van der Waals surface area contributed by atoms with Crippen LogP contribution in [-0.4, -0.2) is 35.9 Å². The van der Waals surface area contributed by atoms with E-state index in [0.29, 0.717) is 30.8 Å². The Hall–Kier alpha value is -2.29. The van der Waals surface area contributed by atoms with Gasteiger partial charge in [-0.3, -0.25) is 0 Å². The van der Waals surface area contributed by atoms with Crippen LogP contribution in [-0.2, 0) is 27.1 Å². The summed E-state index contributed by atoms with van der Waals surface area (Å²) in [6.07, 6.45) is -4.10. The number of nitrogens with zero attached hydrogens (tertiary/aromatic N) is 1. The first-order valence-electron chi connectivity index (χ1n) is 11.8. The van der Waals surface area contributed by atoms with Gasteiger partial charge in [0.15, 0.2) is 5.82 Å². The summed E-state index contributed by atoms with van der Waals surface area (Å²) in [4.78, 5) is 13.9. The molecule has 0 saturated carbocycles. The second-order valence-corrected chi connectivity index (χ2v) is 11.7. The number of benzene rings is 2. The number of amides is 1. The molecule has 0 radical (unpaired) electrons. The van der Waals surface area contributed by atoms with Crippen LogP contribution in [0.15, 0.2) is 36.4 Å². The normalized spacial score (nSPS) is 22.6. The van der Waals surface area contributed by atoms with Gasteiger partial charge < -0.3 is 14.4 Å². The maximum atomic E-state index is 14.5. The molecule has 0 aromatic heterocycles. The Bertz CT molecular complexity index is 1290. The largest absolute Gasteiger partial charge is 0.444 e. The third-order valence-corrected chi connectivity index (χ3v) is 7.83. The Labute approximate surface area is 222 Å². The molecule has 1 atom stereocenters. The van der Waals surface area contributed by atoms with Gasteiger partial charge >= 0.3 is 12.3 Å². The van der Waals surface area contributed by atoms with E-state index in [1.165, 1.54) is 0 Å². The van der Waals surface area contributed by atoms with Crippen molar-refractivity contribution in [1.29, 1.82) is 0 Å². The Balaban J connectivity index is 1.37. The Kier molecular flexibility index (Phi) is 6.13. The van der Waals surface area contributed by atoms with Crippen molar-refractivity contribution in [2.24, 2.45) is 0 Å². The molecule has 1 aliphatic carbocycles. The van der Waals surface area contributed by atoms with Crippen molar-refractivity contribution >= 4 is 34.9 Å². The first kappa shape index (κ1) is 26.3. The summed E-state index contributed by atoms with van der Waals surface area (Å²) in [5, 5.41) is -0.888. The van der Waals surface area contributed by atoms with Gasteiger partial charge in [0.2, 0.25) is 0 Å². The van der Waals surface area contributed by atoms with Gasteiger partial charge in [-0.05, 0) is 79.6 Å². The number of allylic oxidation sites excluding steroid dienone is 2. The van der Waals surface area contributed by atoms with Crippen molar-refractivity contribution in [2.45, 2.75) is 63.0 Å². The van der Waals surface area contributed by atoms with Crippen LogP contribution in [0.2, 0.25) is 10.0 Å². The smallest absolute Gasteiger partial charge is 0.410 e. The highest BCUT2D eigenvalue weighted by Gasteiger charge is 2.58. The standard InChI is InChI=1S/C27H25Cl2F4NO3/c1-24(2,3)37-23(35)34-13-26(14-34)19-5-4-15(8-17(19)12-36-26)16-6-7-25(11-16,27(31,32)33)18-9-20(28)22(30)21(29)10-18/h4-6,8-10H,7,11-14H2,1-3H3. The van der Waals surface area contributed by atoms with E-state index in [9.17, 15) is 22.4 Å². The summed E-state index contributed by atoms with van der Waals surface area (Å²) < 4.78 is 68.8. The zero-order valence-electron chi connectivity index (χ0n) is 20.4. The summed E-state index contributed by atoms with van der Waals surface area (Å²) in [5.74, 6) is -0.940. The van der Waals surface area contributed by atoms with Gasteiger partial charge in [0.25, 0.3) is 0 Å². The second kappa shape index (κ2) is 8.61. The molecule has 5 rings (SSSR count). The Morgan fingerprint density at radius 2 is 1.73 bits per heavy atom. The van der Waals surface area contributed by atoms with Crippen LogP contribution in [0.25, 0.3) is 5.57 Å². The highest BCUT2D eigenvalue weighted by Crippen LogP contribution is 2.55. The van der Waals surface area contributed by atoms with E-state index in [0.717, 1.165) is 23.3 Å². The van der Waals surface area contributed by atoms with Crippen LogP contribution in [0.1, 0.15) is 55.9 Å². The number of hydrogen-bond donors (Lipinski definition) is 0. The molecule has 0 bridgehead atoms. The molecule has 3 aliphatic rings. The fraction of sp³-hybridized carbons (Fsp3) is 0.444. The van der Waals surface area contributed by atoms with Crippen LogP contribution in [0.4, 0.5) is 22.4 Å². The molecule has 10 heteroatoms. The Morgan fingerprint density at radius 1 is 1.08 bits per heavy atom. The zero-order valence-corrected chi connectivity index (χ0v) is 22.0. The van der Waals surface area contributed by atoms with Crippen molar-refractivity contribution in [3.8, 4) is 0 Å². The van der Waals surface area contributed by atoms with Gasteiger partial charge in [0.1, 0.15) is 11.2 Å². The third-order valence-electron chi connectivity index (χ3n) is 7.28. The number of alkyl halides is 3. The monoisotopic (exact) mass is 557 g/mol. The number of ether oxygens (including phenoxy) is 2. The van der Waals surface area contributed by atoms with Crippen LogP contribution >= 0.6 is 23.2 Å². The molecule has 2 aromatic carbocycles. The molecule has 198 valence electrons. The van der Waals surface area contributed by atoms with Gasteiger partial charge in [0.05, 0.1) is 35.2 Å². The maximum absolute atomic E-state index is 14.5. The van der Waals surface area contributed by atoms with E-state index >= 15 is 0 Å². The van der Waals surface area contributed by atoms with Gasteiger partial charge in [-0.25, -0.2) is 9.18 Å². The van der Waals surface area contributed by atoms with Gasteiger partial charge in [-0.1, -0.05) is 41.4 Å². The number of carbonyl (C=O) groups excluding carboxylic acids is 1. The molecule has 1 amide bonds. The molecule has 2 heterocycles. The molecule has 1 spiro atoms. The molecule has 2 aromatic rings. The Morgan fingerprint density at radius 3 is 2.32 bits per heavy atom. The van der Waals surface area contributed by atoms with Crippen LogP contribution in [0.3, 0.4) is 0 Å². The maximum Gasteiger partial charge on any atom is 0.410 e. The molecule has 37 heavy (non-hydrogen) atoms. The number of carbonyl (C=O) groups is 1. The van der Waals surface area contributed by atoms with Gasteiger partial charge in [-0.15, -0.1) is 0 Å². The summed E-state index contributed by atoms with van der Waals surface area (Å²) in [6, 6.07) is 7.53. The predicted molar refractivity (Wildman–Crippen MR) is 132 cm³/mol. The fourth-order valence-electron chi connectivity index (χ4n) is 5.36. The molecule has 1 unspecified atom stereocenters. The van der Waals surface area contributed by atoms with E-state index in [1.54, 1.807) is 37.8 Å². The lowest BCUT2D eigenvalue weighted by atomic mass is 9.76. The molecule has 1 fully saturated rings. The lowest BCUT2D eigenvalue weighted by Crippen LogP contribution is -2.61. The summed E-state index contributed by atoms with van der Waals surface area (Å²) in [5.41, 5.74) is -0.672. The SMILES string of the molecule is CC(C)(C)OC(=O)N1CC2(C1)OCc1cc(C3=CCC(c4cc(Cl)c(F)c(Cl)c4)(C(F)(F)F)C3)ccc12. The van der Waals surface area contributed by atoms with Crippen LogP contribution in [0, 0.1) is 5.82 Å². The number of fused-ring (bicyclic) bond motifs is 2. The average molecular weight is 558 g/mol. The number of halogens is 6. The molecular formula is C27H25Cl2F4NO3. The molecular weight excluding hydrogens is 533 g/mol. The van der Waals surface area contributed by atoms with E-state index in [4.69, 9.17) is 32.7 Å². The summed E-state index contributed by atoms with van der Waals surface area (Å²) in [6.45, 7) is 6.39. The number of hydrogen-bond acceptors (Lipinski definition) is 3. The van der Waals surface area contributed by atoms with Crippen molar-refractivity contribution in [1.82, 2.24) is 4.90 Å². The average Bonchev–Trinajstić information content (AvgIpc) is 3.37. The first-order chi connectivity index (χ1) is 17.1. The van der Waals surface area contributed by atoms with Crippen LogP contribution < -0.4 is 0 Å². The molecule has 2 aliphatic heterocycles. The summed E-state index contributed by atoms with van der Waals surface area (Å²) in [7, 11) is 0. The van der Waals surface area contributed by atoms with E-state index in [-0.39, 0.29) is 18.4 Å². The molecule has 4 nitrogen and oxygen atoms in total. The van der Waals surface area contributed by atoms with E-state index in [2.05, 4.69) is 0 Å². The first-order valence-corrected chi connectivity index (χ1v) is 12.6. The number of rotatable bonds is 2. The number of likely N-dealkylation sites (tertiary alicyclic amines) is 1. The molecule has 1 saturated heterocycles. The lowest BCUT2D eigenvalue weighted by Gasteiger charge is -2.47. The highest BCUT2D eigenvalue weighted by atomic mass is 35.5. The molecule has 0 N–H and O–H groups in total. The van der Waals surface area contributed by atoms with E-state index < -0.39 is 44.7 Å². The van der Waals surface area contributed by atoms with Gasteiger partial charge in [0, 0.05) is 0 Å². The minimum Gasteiger partial charge on any atom is -0.444 e. The fourth-order valence-corrected chi connectivity index (χ4v) is 5.84. The van der Waals surface area contributed by atoms with E-state index in [1.807, 2.05) is 12.1 Å². The minimum atomic E-state index is -4.61. The highest BCUT2D eigenvalue weighted by molar-refractivity contribution is 6.35. The van der Waals surface area contributed by atoms with Crippen molar-refractivity contribution in [3.05, 3.63) is 74.5 Å². The third kappa shape index (κ3) is 4.41. The lowest BCUT2D eigenvalue weighted by molar-refractivity contribution is -0.187. The quantitative estimate of drug-likeness (QED) is 0.279. The van der Waals surface area contributed by atoms with Crippen molar-refractivity contribution in [3.63, 3.8) is 0 Å². The minimum absolute atomic E-state index is 0.164. The summed E-state index contributed by atoms with van der Waals surface area (Å²) >= 11 is 11.7. The van der Waals surface area contributed by atoms with Crippen molar-refractivity contribution in [2.75, 3.05) is 13.1 Å².